The summed E-state index contributed by atoms with van der Waals surface area (Å²) in [6.07, 6.45) is 4.49. The van der Waals surface area contributed by atoms with Gasteiger partial charge in [0.1, 0.15) is 5.78 Å². The van der Waals surface area contributed by atoms with E-state index in [1.807, 2.05) is 13.0 Å². The average molecular weight is 497 g/mol. The number of hydrogen-bond acceptors (Lipinski definition) is 6. The molecule has 0 amide bonds. The molecule has 2 heterocycles. The van der Waals surface area contributed by atoms with E-state index in [0.29, 0.717) is 6.42 Å². The van der Waals surface area contributed by atoms with Gasteiger partial charge in [-0.3, -0.25) is 14.4 Å². The predicted octanol–water partition coefficient (Wildman–Crippen LogP) is 4.38. The Bertz CT molecular complexity index is 1150. The molecule has 8 nitrogen and oxygen atoms in total. The molecule has 0 spiro atoms. The number of hydrogen-bond donors (Lipinski definition) is 1. The lowest BCUT2D eigenvalue weighted by Gasteiger charge is -2.64. The summed E-state index contributed by atoms with van der Waals surface area (Å²) < 4.78 is 17.1. The highest BCUT2D eigenvalue weighted by molar-refractivity contribution is 5.92. The Kier molecular flexibility index (Phi) is 5.63. The van der Waals surface area contributed by atoms with Crippen LogP contribution in [0.4, 0.5) is 0 Å². The quantitative estimate of drug-likeness (QED) is 0.364. The summed E-state index contributed by atoms with van der Waals surface area (Å²) in [5.41, 5.74) is -0.0397. The van der Waals surface area contributed by atoms with E-state index in [2.05, 4.69) is 6.92 Å². The summed E-state index contributed by atoms with van der Waals surface area (Å²) in [6, 6.07) is 1.94. The highest BCUT2D eigenvalue weighted by atomic mass is 16.5. The van der Waals surface area contributed by atoms with E-state index in [1.165, 1.54) is 7.11 Å². The summed E-state index contributed by atoms with van der Waals surface area (Å²) in [7, 11) is 1.32. The minimum absolute atomic E-state index is 0.0423. The second-order valence-corrected chi connectivity index (χ2v) is 11.7. The topological polar surface area (TPSA) is 125 Å². The lowest BCUT2D eigenvalue weighted by molar-refractivity contribution is -0.201. The van der Waals surface area contributed by atoms with E-state index in [9.17, 15) is 24.9 Å². The zero-order chi connectivity index (χ0) is 26.2. The third-order valence-electron chi connectivity index (χ3n) is 10.4. The maximum Gasteiger partial charge on any atom is 0.309 e. The van der Waals surface area contributed by atoms with Crippen molar-refractivity contribution in [3.8, 4) is 0 Å². The van der Waals surface area contributed by atoms with Gasteiger partial charge in [-0.2, -0.15) is 0 Å². The number of carbonyl (C=O) groups is 3. The average Bonchev–Trinajstić information content (AvgIpc) is 3.54. The number of fused-ring (bicyclic) bond motifs is 4. The van der Waals surface area contributed by atoms with E-state index < -0.39 is 52.0 Å². The first-order chi connectivity index (χ1) is 17.0. The number of carboxylic acids is 1. The van der Waals surface area contributed by atoms with E-state index in [0.717, 1.165) is 22.9 Å². The molecule has 3 fully saturated rings. The number of methoxy groups -OCH3 is 1. The summed E-state index contributed by atoms with van der Waals surface area (Å²) in [5, 5.41) is 21.0. The molecule has 2 saturated carbocycles. The largest absolute Gasteiger partial charge is 0.814 e. The molecule has 5 rings (SSSR count). The molecule has 194 valence electrons. The lowest BCUT2D eigenvalue weighted by atomic mass is 9.38. The predicted molar refractivity (Wildman–Crippen MR) is 130 cm³/mol. The maximum absolute atomic E-state index is 13.8. The number of ether oxygens (including phenoxy) is 2. The third-order valence-corrected chi connectivity index (χ3v) is 10.4. The van der Waals surface area contributed by atoms with Crippen LogP contribution in [0, 0.1) is 34.0 Å². The van der Waals surface area contributed by atoms with Gasteiger partial charge in [0.2, 0.25) is 0 Å². The molecule has 4 aliphatic rings. The summed E-state index contributed by atoms with van der Waals surface area (Å²) >= 11 is 0. The highest BCUT2D eigenvalue weighted by Crippen LogP contribution is 2.71. The molecule has 0 aromatic carbocycles. The molecule has 3 aliphatic carbocycles. The maximum atomic E-state index is 13.8. The van der Waals surface area contributed by atoms with Crippen molar-refractivity contribution < 1.29 is 33.4 Å². The molecule has 1 aromatic rings. The smallest absolute Gasteiger partial charge is 0.309 e. The van der Waals surface area contributed by atoms with E-state index in [1.54, 1.807) is 26.4 Å². The van der Waals surface area contributed by atoms with E-state index in [4.69, 9.17) is 13.9 Å². The lowest BCUT2D eigenvalue weighted by Crippen LogP contribution is -2.68. The molecule has 9 atom stereocenters. The van der Waals surface area contributed by atoms with Crippen molar-refractivity contribution in [2.24, 2.45) is 34.0 Å². The normalized spacial score (nSPS) is 43.5. The van der Waals surface area contributed by atoms with Crippen LogP contribution in [0.25, 0.3) is 5.41 Å². The number of carboxylic acid groups (broad SMARTS) is 1. The first-order valence-electron chi connectivity index (χ1n) is 12.7. The highest BCUT2D eigenvalue weighted by Gasteiger charge is 2.74. The number of rotatable bonds is 5. The van der Waals surface area contributed by atoms with Crippen LogP contribution in [-0.2, 0) is 23.9 Å². The van der Waals surface area contributed by atoms with Crippen molar-refractivity contribution in [2.45, 2.75) is 71.5 Å². The van der Waals surface area contributed by atoms with Crippen LogP contribution in [-0.4, -0.2) is 48.4 Å². The molecule has 0 radical (unpaired) electrons. The van der Waals surface area contributed by atoms with Gasteiger partial charge in [-0.1, -0.05) is 19.4 Å². The Morgan fingerprint density at radius 3 is 2.58 bits per heavy atom. The minimum atomic E-state index is -1.27. The number of aliphatic carboxylic acids is 1. The summed E-state index contributed by atoms with van der Waals surface area (Å²) in [4.78, 5) is 39.3. The molecular weight excluding hydrogens is 462 g/mol. The second kappa shape index (κ2) is 8.13. The molecule has 3 unspecified atom stereocenters. The van der Waals surface area contributed by atoms with Crippen LogP contribution in [0.2, 0.25) is 0 Å². The zero-order valence-corrected chi connectivity index (χ0v) is 21.4. The third kappa shape index (κ3) is 2.96. The summed E-state index contributed by atoms with van der Waals surface area (Å²) in [5.74, 6) is -3.46. The van der Waals surface area contributed by atoms with Crippen molar-refractivity contribution in [1.29, 1.82) is 0 Å². The fourth-order valence-electron chi connectivity index (χ4n) is 8.80. The second-order valence-electron chi connectivity index (χ2n) is 11.7. The number of allylic oxidation sites excluding steroid dienone is 1. The minimum Gasteiger partial charge on any atom is -0.814 e. The Morgan fingerprint density at radius 1 is 1.28 bits per heavy atom. The van der Waals surface area contributed by atoms with Crippen LogP contribution in [0.5, 0.6) is 0 Å². The van der Waals surface area contributed by atoms with Gasteiger partial charge in [0.15, 0.2) is 0 Å². The van der Waals surface area contributed by atoms with Gasteiger partial charge >= 0.3 is 11.9 Å². The molecular formula is C28H34NO7-. The van der Waals surface area contributed by atoms with Crippen LogP contribution in [0.3, 0.4) is 0 Å². The van der Waals surface area contributed by atoms with Crippen molar-refractivity contribution in [2.75, 3.05) is 7.11 Å². The SMILES string of the molecule is COC(=O)C[C@H]1[C@]2(C)C3=C(C)C(c4ccoc4)CC3O[C@@H]2[C@H](C=[N-])C2[C@](C)(C(=O)O)CCC(=O)[C@@]21C. The van der Waals surface area contributed by atoms with E-state index in [-0.39, 0.29) is 37.1 Å². The van der Waals surface area contributed by atoms with Crippen molar-refractivity contribution in [1.82, 2.24) is 0 Å². The van der Waals surface area contributed by atoms with Gasteiger partial charge in [0.25, 0.3) is 0 Å². The first-order valence-corrected chi connectivity index (χ1v) is 12.7. The molecule has 0 bridgehead atoms. The fraction of sp³-hybridized carbons (Fsp3) is 0.643. The van der Waals surface area contributed by atoms with Gasteiger partial charge in [0, 0.05) is 23.2 Å². The van der Waals surface area contributed by atoms with Gasteiger partial charge < -0.3 is 24.4 Å². The number of ketones is 1. The van der Waals surface area contributed by atoms with Crippen LogP contribution >= 0.6 is 0 Å². The van der Waals surface area contributed by atoms with Crippen molar-refractivity contribution in [3.05, 3.63) is 40.7 Å². The molecule has 36 heavy (non-hydrogen) atoms. The molecule has 1 aromatic heterocycles. The van der Waals surface area contributed by atoms with Gasteiger partial charge in [0.05, 0.1) is 43.7 Å². The number of Topliss-reactive ketones (excluding diaryl/α,β-unsaturated/α-hetero) is 1. The standard InChI is InChI=1S/C28H34NO7/c1-14-16(15-7-9-35-13-15)10-18-22(14)28(4)19(11-21(31)34-5)27(3)20(30)6-8-26(2,25(32)33)23(27)17(12-29)24(28)36-18/h7,9,12-13,16-19,23-24H,6,8,10-11H2,1-5H3,(H,32,33)/q-1/t16?,17-,18?,19-,23?,24-,26-,27+,28-/m1/s1. The number of carbonyl (C=O) groups excluding carboxylic acids is 2. The van der Waals surface area contributed by atoms with E-state index >= 15 is 0 Å². The Labute approximate surface area is 210 Å². The number of esters is 1. The van der Waals surface area contributed by atoms with Crippen molar-refractivity contribution in [3.63, 3.8) is 0 Å². The first kappa shape index (κ1) is 24.9. The van der Waals surface area contributed by atoms with Crippen LogP contribution in [0.1, 0.15) is 64.9 Å². The summed E-state index contributed by atoms with van der Waals surface area (Å²) in [6.45, 7) is 7.56. The zero-order valence-electron chi connectivity index (χ0n) is 21.4. The van der Waals surface area contributed by atoms with Gasteiger partial charge in [-0.15, -0.1) is 0 Å². The van der Waals surface area contributed by atoms with Gasteiger partial charge in [-0.25, -0.2) is 6.21 Å². The van der Waals surface area contributed by atoms with Gasteiger partial charge in [-0.05, 0) is 61.6 Å². The Morgan fingerprint density at radius 2 is 2.00 bits per heavy atom. The molecule has 8 heteroatoms. The van der Waals surface area contributed by atoms with Crippen LogP contribution < -0.4 is 0 Å². The fourth-order valence-corrected chi connectivity index (χ4v) is 8.80. The monoisotopic (exact) mass is 496 g/mol. The molecule has 1 saturated heterocycles. The molecule has 1 N–H and O–H groups in total. The molecule has 1 aliphatic heterocycles. The Hall–Kier alpha value is -2.74. The van der Waals surface area contributed by atoms with Crippen molar-refractivity contribution >= 4 is 23.9 Å². The Balaban J connectivity index is 1.75. The number of nitrogens with zero attached hydrogens (tertiary/aromatic N) is 1. The van der Waals surface area contributed by atoms with Crippen LogP contribution in [0.15, 0.2) is 34.2 Å². The number of furan rings is 1.